The van der Waals surface area contributed by atoms with Gasteiger partial charge in [-0.3, -0.25) is 0 Å². The molecule has 0 saturated carbocycles. The molecule has 2 atom stereocenters. The van der Waals surface area contributed by atoms with Gasteiger partial charge in [0.1, 0.15) is 0 Å². The summed E-state index contributed by atoms with van der Waals surface area (Å²) in [5.74, 6) is -1.54. The van der Waals surface area contributed by atoms with E-state index in [9.17, 15) is 19.2 Å². The molecule has 2 aromatic rings. The van der Waals surface area contributed by atoms with Crippen LogP contribution in [0.3, 0.4) is 0 Å². The maximum absolute atomic E-state index is 13.0. The Morgan fingerprint density at radius 1 is 1.03 bits per heavy atom. The second-order valence-electron chi connectivity index (χ2n) is 7.93. The average molecular weight is 484 g/mol. The van der Waals surface area contributed by atoms with Crippen molar-refractivity contribution in [3.05, 3.63) is 33.6 Å². The fourth-order valence-corrected chi connectivity index (χ4v) is 4.97. The summed E-state index contributed by atoms with van der Waals surface area (Å²) in [6.07, 6.45) is 0. The van der Waals surface area contributed by atoms with Gasteiger partial charge in [-0.1, -0.05) is 0 Å². The van der Waals surface area contributed by atoms with Crippen LogP contribution in [-0.2, 0) is 24.5 Å². The zero-order valence-electron chi connectivity index (χ0n) is 18.1. The number of hydrogen-bond donors (Lipinski definition) is 2. The standard InChI is InChI=1S/C20H27N3O6Se/c1-10(18(26)28-6)21-16(24)13-8-12(20(3,4)5)9-14-15(13)30-23(17(14)25)22-11(2)19(27)29-7/h8-11,22H,1-7H3,(H,21,24)/t10-,11-/m0/s1. The van der Waals surface area contributed by atoms with Gasteiger partial charge in [0, 0.05) is 0 Å². The van der Waals surface area contributed by atoms with Crippen molar-refractivity contribution < 1.29 is 23.9 Å². The minimum absolute atomic E-state index is 0.314. The van der Waals surface area contributed by atoms with E-state index in [4.69, 9.17) is 4.74 Å². The van der Waals surface area contributed by atoms with Gasteiger partial charge in [0.25, 0.3) is 0 Å². The summed E-state index contributed by atoms with van der Waals surface area (Å²) in [6, 6.07) is 1.97. The van der Waals surface area contributed by atoms with Gasteiger partial charge in [-0.05, 0) is 0 Å². The molecule has 1 aromatic heterocycles. The third-order valence-corrected chi connectivity index (χ3v) is 6.82. The van der Waals surface area contributed by atoms with Crippen LogP contribution < -0.4 is 16.3 Å². The summed E-state index contributed by atoms with van der Waals surface area (Å²) in [6.45, 7) is 9.05. The molecule has 30 heavy (non-hydrogen) atoms. The molecule has 0 aliphatic heterocycles. The van der Waals surface area contributed by atoms with E-state index in [0.717, 1.165) is 5.56 Å². The number of nitrogens with one attached hydrogen (secondary N) is 2. The molecule has 164 valence electrons. The van der Waals surface area contributed by atoms with Crippen molar-refractivity contribution in [1.29, 1.82) is 0 Å². The number of carbonyl (C=O) groups excluding carboxylic acids is 3. The maximum atomic E-state index is 13.0. The van der Waals surface area contributed by atoms with Crippen molar-refractivity contribution in [2.75, 3.05) is 19.6 Å². The van der Waals surface area contributed by atoms with E-state index in [-0.39, 0.29) is 11.0 Å². The van der Waals surface area contributed by atoms with E-state index < -0.39 is 44.7 Å². The fraction of sp³-hybridized carbons (Fsp3) is 0.500. The Hall–Kier alpha value is -2.58. The molecule has 0 unspecified atom stereocenters. The minimum atomic E-state index is -0.838. The monoisotopic (exact) mass is 485 g/mol. The van der Waals surface area contributed by atoms with Crippen molar-refractivity contribution in [2.45, 2.75) is 52.1 Å². The molecule has 0 fully saturated rings. The zero-order chi connectivity index (χ0) is 22.8. The van der Waals surface area contributed by atoms with Gasteiger partial charge in [-0.25, -0.2) is 0 Å². The van der Waals surface area contributed by atoms with Gasteiger partial charge in [0.2, 0.25) is 0 Å². The Labute approximate surface area is 180 Å². The molecule has 9 nitrogen and oxygen atoms in total. The van der Waals surface area contributed by atoms with E-state index >= 15 is 0 Å². The first-order valence-corrected chi connectivity index (χ1v) is 11.0. The SMILES string of the molecule is COC(=O)[C@H](C)NC(=O)c1cc(C(C)(C)C)cc2c(=O)n(N[C@@H](C)C(=O)OC)[se]c12. The van der Waals surface area contributed by atoms with Crippen molar-refractivity contribution in [2.24, 2.45) is 0 Å². The molecule has 0 saturated heterocycles. The number of rotatable bonds is 6. The second kappa shape index (κ2) is 9.05. The number of ether oxygens (including phenoxy) is 2. The van der Waals surface area contributed by atoms with Crippen LogP contribution in [-0.4, -0.2) is 62.6 Å². The van der Waals surface area contributed by atoms with E-state index in [1.807, 2.05) is 20.8 Å². The van der Waals surface area contributed by atoms with Crippen molar-refractivity contribution in [3.63, 3.8) is 0 Å². The van der Waals surface area contributed by atoms with Crippen molar-refractivity contribution >= 4 is 42.2 Å². The van der Waals surface area contributed by atoms with Crippen LogP contribution in [0.2, 0.25) is 0 Å². The van der Waals surface area contributed by atoms with Gasteiger partial charge < -0.3 is 0 Å². The van der Waals surface area contributed by atoms with Gasteiger partial charge in [0.15, 0.2) is 0 Å². The Morgan fingerprint density at radius 2 is 1.60 bits per heavy atom. The number of carbonyl (C=O) groups is 3. The number of esters is 2. The Balaban J connectivity index is 2.60. The molecule has 0 bridgehead atoms. The number of fused-ring (bicyclic) bond motifs is 1. The number of nitrogens with zero attached hydrogens (tertiary/aromatic N) is 1. The van der Waals surface area contributed by atoms with Crippen molar-refractivity contribution in [3.8, 4) is 0 Å². The van der Waals surface area contributed by atoms with Gasteiger partial charge in [-0.15, -0.1) is 0 Å². The summed E-state index contributed by atoms with van der Waals surface area (Å²) >= 11 is -0.591. The molecule has 0 aliphatic rings. The molecule has 2 rings (SSSR count). The van der Waals surface area contributed by atoms with Crippen molar-refractivity contribution in [1.82, 2.24) is 8.99 Å². The van der Waals surface area contributed by atoms with E-state index in [1.54, 1.807) is 19.1 Å². The molecule has 0 spiro atoms. The molecule has 0 radical (unpaired) electrons. The first kappa shape index (κ1) is 23.7. The first-order valence-electron chi connectivity index (χ1n) is 9.34. The number of hydrogen-bond acceptors (Lipinski definition) is 7. The van der Waals surface area contributed by atoms with Crippen LogP contribution in [0, 0.1) is 0 Å². The summed E-state index contributed by atoms with van der Waals surface area (Å²) < 4.78 is 11.3. The topological polar surface area (TPSA) is 116 Å². The molecular formula is C20H27N3O6Se. The molecule has 1 aromatic carbocycles. The van der Waals surface area contributed by atoms with Crippen LogP contribution in [0.1, 0.15) is 50.5 Å². The molecule has 1 heterocycles. The summed E-state index contributed by atoms with van der Waals surface area (Å²) in [7, 11) is 2.52. The van der Waals surface area contributed by atoms with Gasteiger partial charge >= 0.3 is 180 Å². The van der Waals surface area contributed by atoms with Gasteiger partial charge in [0.05, 0.1) is 0 Å². The molecule has 10 heteroatoms. The third kappa shape index (κ3) is 4.94. The van der Waals surface area contributed by atoms with E-state index in [0.29, 0.717) is 15.2 Å². The molecular weight excluding hydrogens is 457 g/mol. The number of benzene rings is 1. The number of aromatic nitrogens is 1. The van der Waals surface area contributed by atoms with E-state index in [1.165, 1.54) is 24.8 Å². The Morgan fingerprint density at radius 3 is 2.13 bits per heavy atom. The Bertz CT molecular complexity index is 1030. The summed E-state index contributed by atoms with van der Waals surface area (Å²) in [4.78, 5) is 49.4. The average Bonchev–Trinajstić information content (AvgIpc) is 3.00. The predicted octanol–water partition coefficient (Wildman–Crippen LogP) is 0.752. The first-order chi connectivity index (χ1) is 13.9. The third-order valence-electron chi connectivity index (χ3n) is 4.56. The molecule has 0 aliphatic carbocycles. The normalized spacial score (nSPS) is 13.4. The van der Waals surface area contributed by atoms with Crippen LogP contribution in [0.15, 0.2) is 16.9 Å². The van der Waals surface area contributed by atoms with E-state index in [2.05, 4.69) is 15.5 Å². The van der Waals surface area contributed by atoms with Crippen LogP contribution in [0.5, 0.6) is 0 Å². The number of methoxy groups -OCH3 is 2. The van der Waals surface area contributed by atoms with Crippen LogP contribution >= 0.6 is 0 Å². The summed E-state index contributed by atoms with van der Waals surface area (Å²) in [5.41, 5.74) is 3.36. The number of amides is 1. The second-order valence-corrected chi connectivity index (χ2v) is 9.94. The summed E-state index contributed by atoms with van der Waals surface area (Å²) in [5, 5.41) is 3.03. The fourth-order valence-electron chi connectivity index (χ4n) is 2.73. The zero-order valence-corrected chi connectivity index (χ0v) is 19.8. The van der Waals surface area contributed by atoms with Crippen LogP contribution in [0.4, 0.5) is 0 Å². The molecule has 1 amide bonds. The predicted molar refractivity (Wildman–Crippen MR) is 114 cm³/mol. The Kier molecular flexibility index (Phi) is 7.15. The van der Waals surface area contributed by atoms with Crippen LogP contribution in [0.25, 0.3) is 9.65 Å². The quantitative estimate of drug-likeness (QED) is 0.459. The molecule has 2 N–H and O–H groups in total. The van der Waals surface area contributed by atoms with Gasteiger partial charge in [-0.2, -0.15) is 0 Å².